The van der Waals surface area contributed by atoms with Crippen molar-refractivity contribution in [2.24, 2.45) is 5.92 Å². The molecule has 0 radical (unpaired) electrons. The van der Waals surface area contributed by atoms with Crippen molar-refractivity contribution in [2.75, 3.05) is 51.2 Å². The van der Waals surface area contributed by atoms with Crippen LogP contribution in [0.5, 0.6) is 17.2 Å². The molecule has 10 heteroatoms. The maximum atomic E-state index is 13.5. The third-order valence-corrected chi connectivity index (χ3v) is 6.11. The van der Waals surface area contributed by atoms with Gasteiger partial charge in [-0.1, -0.05) is 13.0 Å². The molecule has 0 saturated heterocycles. The van der Waals surface area contributed by atoms with Gasteiger partial charge in [-0.05, 0) is 45.3 Å². The number of likely N-dealkylation sites (N-methyl/N-ethyl adjacent to an activating group) is 1. The Bertz CT molecular complexity index is 1090. The summed E-state index contributed by atoms with van der Waals surface area (Å²) in [6.45, 7) is 4.89. The van der Waals surface area contributed by atoms with Gasteiger partial charge >= 0.3 is 6.03 Å². The lowest BCUT2D eigenvalue weighted by Crippen LogP contribution is -2.49. The summed E-state index contributed by atoms with van der Waals surface area (Å²) in [5, 5.41) is 15.4. The zero-order valence-corrected chi connectivity index (χ0v) is 20.4. The number of nitrogens with one attached hydrogen (secondary N) is 2. The van der Waals surface area contributed by atoms with Gasteiger partial charge in [0.05, 0.1) is 23.9 Å². The first-order valence-electron chi connectivity index (χ1n) is 11.6. The van der Waals surface area contributed by atoms with Gasteiger partial charge in [0, 0.05) is 30.8 Å². The van der Waals surface area contributed by atoms with Crippen LogP contribution in [0.1, 0.15) is 24.2 Å². The maximum absolute atomic E-state index is 13.5. The quantitative estimate of drug-likeness (QED) is 0.578. The minimum Gasteiger partial charge on any atom is -0.486 e. The molecule has 0 fully saturated rings. The second-order valence-electron chi connectivity index (χ2n) is 9.21. The maximum Gasteiger partial charge on any atom is 0.323 e. The number of hydrogen-bond acceptors (Lipinski definition) is 7. The third-order valence-electron chi connectivity index (χ3n) is 6.11. The Morgan fingerprint density at radius 2 is 1.97 bits per heavy atom. The number of nitrogens with zero attached hydrogens (tertiary/aromatic N) is 2. The van der Waals surface area contributed by atoms with Crippen LogP contribution >= 0.6 is 0 Å². The van der Waals surface area contributed by atoms with E-state index in [1.807, 2.05) is 32.8 Å². The summed E-state index contributed by atoms with van der Waals surface area (Å²) in [6.07, 6.45) is -0.245. The number of carbonyl (C=O) groups excluding carboxylic acids is 2. The van der Waals surface area contributed by atoms with Gasteiger partial charge in [0.1, 0.15) is 6.10 Å². The van der Waals surface area contributed by atoms with Crippen molar-refractivity contribution in [1.29, 1.82) is 0 Å². The minimum atomic E-state index is -0.492. The van der Waals surface area contributed by atoms with Crippen LogP contribution in [0, 0.1) is 5.92 Å². The van der Waals surface area contributed by atoms with E-state index in [-0.39, 0.29) is 37.4 Å². The Morgan fingerprint density at radius 3 is 2.71 bits per heavy atom. The number of hydrogen-bond donors (Lipinski definition) is 3. The van der Waals surface area contributed by atoms with E-state index in [0.717, 1.165) is 0 Å². The fourth-order valence-electron chi connectivity index (χ4n) is 4.18. The Kier molecular flexibility index (Phi) is 7.32. The number of anilines is 2. The molecule has 2 heterocycles. The average Bonchev–Trinajstić information content (AvgIpc) is 3.29. The number of benzene rings is 2. The number of urea groups is 1. The molecule has 0 saturated carbocycles. The predicted molar refractivity (Wildman–Crippen MR) is 131 cm³/mol. The zero-order chi connectivity index (χ0) is 25.1. The van der Waals surface area contributed by atoms with Gasteiger partial charge in [0.2, 0.25) is 6.79 Å². The number of aliphatic hydroxyl groups excluding tert-OH is 1. The summed E-state index contributed by atoms with van der Waals surface area (Å²) in [5.41, 5.74) is 1.25. The van der Waals surface area contributed by atoms with Gasteiger partial charge in [-0.25, -0.2) is 4.79 Å². The minimum absolute atomic E-state index is 0.0148. The van der Waals surface area contributed by atoms with Crippen LogP contribution in [0.2, 0.25) is 0 Å². The van der Waals surface area contributed by atoms with Gasteiger partial charge in [-0.2, -0.15) is 0 Å². The number of rotatable bonds is 6. The van der Waals surface area contributed by atoms with Crippen molar-refractivity contribution in [1.82, 2.24) is 9.80 Å². The van der Waals surface area contributed by atoms with Gasteiger partial charge in [-0.15, -0.1) is 0 Å². The van der Waals surface area contributed by atoms with E-state index in [1.54, 1.807) is 41.3 Å². The van der Waals surface area contributed by atoms with Crippen molar-refractivity contribution in [3.63, 3.8) is 0 Å². The molecule has 0 aromatic heterocycles. The Hall–Kier alpha value is -3.50. The number of carbonyl (C=O) groups is 2. The van der Waals surface area contributed by atoms with E-state index >= 15 is 0 Å². The zero-order valence-electron chi connectivity index (χ0n) is 20.4. The van der Waals surface area contributed by atoms with Crippen molar-refractivity contribution < 1.29 is 28.9 Å². The fraction of sp³-hybridized carbons (Fsp3) is 0.440. The van der Waals surface area contributed by atoms with E-state index in [9.17, 15) is 14.7 Å². The molecule has 0 bridgehead atoms. The van der Waals surface area contributed by atoms with E-state index in [1.165, 1.54) is 0 Å². The summed E-state index contributed by atoms with van der Waals surface area (Å²) >= 11 is 0. The molecule has 0 unspecified atom stereocenters. The van der Waals surface area contributed by atoms with Crippen LogP contribution in [0.3, 0.4) is 0 Å². The largest absolute Gasteiger partial charge is 0.486 e. The second kappa shape index (κ2) is 10.4. The third kappa shape index (κ3) is 5.44. The molecule has 4 rings (SSSR count). The molecule has 188 valence electrons. The topological polar surface area (TPSA) is 113 Å². The molecule has 2 aliphatic rings. The molecular formula is C25H32N4O6. The Balaban J connectivity index is 1.63. The molecular weight excluding hydrogens is 452 g/mol. The monoisotopic (exact) mass is 484 g/mol. The summed E-state index contributed by atoms with van der Waals surface area (Å²) < 4.78 is 17.1. The second-order valence-corrected chi connectivity index (χ2v) is 9.21. The standard InChI is InChI=1S/C25H32N4O6/c1-15-11-29(16(2)13-30)24(31)18-6-5-7-19(23(18)35-22(15)12-28(3)4)27-25(32)26-17-8-9-20-21(10-17)34-14-33-20/h5-10,15-16,22,30H,11-14H2,1-4H3,(H2,26,27,32)/t15-,16-,22-/m1/s1. The number of fused-ring (bicyclic) bond motifs is 2. The molecule has 3 atom stereocenters. The van der Waals surface area contributed by atoms with Crippen molar-refractivity contribution in [3.05, 3.63) is 42.0 Å². The lowest BCUT2D eigenvalue weighted by Gasteiger charge is -2.38. The summed E-state index contributed by atoms with van der Waals surface area (Å²) in [5.74, 6) is 1.22. The van der Waals surface area contributed by atoms with E-state index < -0.39 is 6.03 Å². The molecule has 2 aliphatic heterocycles. The first-order valence-corrected chi connectivity index (χ1v) is 11.6. The highest BCUT2D eigenvalue weighted by Gasteiger charge is 2.34. The molecule has 10 nitrogen and oxygen atoms in total. The van der Waals surface area contributed by atoms with Crippen LogP contribution < -0.4 is 24.8 Å². The lowest BCUT2D eigenvalue weighted by atomic mass is 9.99. The predicted octanol–water partition coefficient (Wildman–Crippen LogP) is 2.84. The van der Waals surface area contributed by atoms with Crippen LogP contribution in [-0.2, 0) is 0 Å². The number of amides is 3. The van der Waals surface area contributed by atoms with Crippen LogP contribution in [-0.4, -0.2) is 79.6 Å². The Morgan fingerprint density at radius 1 is 1.20 bits per heavy atom. The number of para-hydroxylation sites is 1. The smallest absolute Gasteiger partial charge is 0.323 e. The summed E-state index contributed by atoms with van der Waals surface area (Å²) in [4.78, 5) is 30.0. The average molecular weight is 485 g/mol. The summed E-state index contributed by atoms with van der Waals surface area (Å²) in [7, 11) is 3.91. The van der Waals surface area contributed by atoms with E-state index in [4.69, 9.17) is 14.2 Å². The van der Waals surface area contributed by atoms with Crippen LogP contribution in [0.15, 0.2) is 36.4 Å². The van der Waals surface area contributed by atoms with Gasteiger partial charge in [-0.3, -0.25) is 4.79 Å². The first kappa shape index (κ1) is 24.6. The molecule has 35 heavy (non-hydrogen) atoms. The van der Waals surface area contributed by atoms with Crippen LogP contribution in [0.4, 0.5) is 16.2 Å². The normalized spacial score (nSPS) is 19.9. The molecule has 3 amide bonds. The molecule has 3 N–H and O–H groups in total. The Labute approximate surface area is 204 Å². The lowest BCUT2D eigenvalue weighted by molar-refractivity contribution is 0.0365. The van der Waals surface area contributed by atoms with E-state index in [0.29, 0.717) is 47.3 Å². The summed E-state index contributed by atoms with van der Waals surface area (Å²) in [6, 6.07) is 9.34. The highest BCUT2D eigenvalue weighted by molar-refractivity contribution is 6.04. The van der Waals surface area contributed by atoms with Gasteiger partial charge in [0.15, 0.2) is 17.2 Å². The number of ether oxygens (including phenoxy) is 3. The molecule has 2 aromatic carbocycles. The molecule has 0 spiro atoms. The highest BCUT2D eigenvalue weighted by Crippen LogP contribution is 2.36. The molecule has 2 aromatic rings. The fourth-order valence-corrected chi connectivity index (χ4v) is 4.18. The van der Waals surface area contributed by atoms with Crippen molar-refractivity contribution >= 4 is 23.3 Å². The number of aliphatic hydroxyl groups is 1. The molecule has 0 aliphatic carbocycles. The van der Waals surface area contributed by atoms with Crippen LogP contribution in [0.25, 0.3) is 0 Å². The van der Waals surface area contributed by atoms with Gasteiger partial charge in [0.25, 0.3) is 5.91 Å². The van der Waals surface area contributed by atoms with Gasteiger partial charge < -0.3 is 39.8 Å². The SMILES string of the molecule is C[C@@H]1CN([C@H](C)CO)C(=O)c2cccc(NC(=O)Nc3ccc4c(c3)OCO4)c2O[C@@H]1CN(C)C. The van der Waals surface area contributed by atoms with Crippen molar-refractivity contribution in [2.45, 2.75) is 26.0 Å². The highest BCUT2D eigenvalue weighted by atomic mass is 16.7. The van der Waals surface area contributed by atoms with Crippen molar-refractivity contribution in [3.8, 4) is 17.2 Å². The van der Waals surface area contributed by atoms with E-state index in [2.05, 4.69) is 10.6 Å². The first-order chi connectivity index (χ1) is 16.8.